The van der Waals surface area contributed by atoms with Crippen LogP contribution >= 0.6 is 23.1 Å². The number of aryl methyl sites for hydroxylation is 1. The minimum atomic E-state index is 0.0150. The van der Waals surface area contributed by atoms with E-state index in [1.165, 1.54) is 16.6 Å². The number of nitrogens with one attached hydrogen (secondary N) is 2. The molecule has 4 rings (SSSR count). The largest absolute Gasteiger partial charge is 0.355 e. The Labute approximate surface area is 164 Å². The highest BCUT2D eigenvalue weighted by molar-refractivity contribution is 7.99. The summed E-state index contributed by atoms with van der Waals surface area (Å²) in [5.74, 6) is 1.30. The summed E-state index contributed by atoms with van der Waals surface area (Å²) in [5, 5.41) is 24.6. The van der Waals surface area contributed by atoms with Crippen molar-refractivity contribution in [2.24, 2.45) is 7.05 Å². The van der Waals surface area contributed by atoms with Crippen LogP contribution in [0, 0.1) is 0 Å². The van der Waals surface area contributed by atoms with Gasteiger partial charge in [-0.1, -0.05) is 17.8 Å². The molecule has 142 valence electrons. The van der Waals surface area contributed by atoms with Gasteiger partial charge in [-0.05, 0) is 34.7 Å². The van der Waals surface area contributed by atoms with Gasteiger partial charge in [-0.3, -0.25) is 9.89 Å². The molecule has 0 aliphatic carbocycles. The number of aromatic nitrogens is 6. The van der Waals surface area contributed by atoms with E-state index >= 15 is 0 Å². The highest BCUT2D eigenvalue weighted by Crippen LogP contribution is 2.27. The molecule has 3 aromatic rings. The molecule has 27 heavy (non-hydrogen) atoms. The van der Waals surface area contributed by atoms with E-state index in [1.807, 2.05) is 6.07 Å². The van der Waals surface area contributed by atoms with Gasteiger partial charge in [-0.25, -0.2) is 4.68 Å². The summed E-state index contributed by atoms with van der Waals surface area (Å²) in [6.07, 6.45) is 1.81. The van der Waals surface area contributed by atoms with Gasteiger partial charge in [-0.15, -0.1) is 16.4 Å². The molecule has 2 N–H and O–H groups in total. The highest BCUT2D eigenvalue weighted by atomic mass is 32.2. The SMILES string of the molecule is Cn1nnnc1SCC(=O)NC1CCN(c2cc(-c3cccs3)[nH]n2)CC1. The smallest absolute Gasteiger partial charge is 0.230 e. The number of hydrogen-bond donors (Lipinski definition) is 2. The number of nitrogens with zero attached hydrogens (tertiary/aromatic N) is 6. The van der Waals surface area contributed by atoms with Gasteiger partial charge in [0.1, 0.15) is 0 Å². The monoisotopic (exact) mass is 404 g/mol. The summed E-state index contributed by atoms with van der Waals surface area (Å²) < 4.78 is 1.56. The predicted molar refractivity (Wildman–Crippen MR) is 105 cm³/mol. The Hall–Kier alpha value is -2.40. The van der Waals surface area contributed by atoms with Crippen LogP contribution in [-0.4, -0.2) is 61.2 Å². The molecule has 3 aromatic heterocycles. The van der Waals surface area contributed by atoms with Crippen LogP contribution in [0.2, 0.25) is 0 Å². The second-order valence-corrected chi connectivity index (χ2v) is 8.21. The van der Waals surface area contributed by atoms with Gasteiger partial charge >= 0.3 is 0 Å². The first kappa shape index (κ1) is 18.0. The fourth-order valence-electron chi connectivity index (χ4n) is 3.03. The molecule has 0 atom stereocenters. The highest BCUT2D eigenvalue weighted by Gasteiger charge is 2.22. The van der Waals surface area contributed by atoms with Crippen molar-refractivity contribution in [2.45, 2.75) is 24.0 Å². The van der Waals surface area contributed by atoms with Gasteiger partial charge in [0, 0.05) is 32.2 Å². The summed E-state index contributed by atoms with van der Waals surface area (Å²) in [6, 6.07) is 6.41. The first-order valence-corrected chi connectivity index (χ1v) is 10.5. The van der Waals surface area contributed by atoms with E-state index in [0.29, 0.717) is 10.9 Å². The Bertz CT molecular complexity index is 882. The molecular weight excluding hydrogens is 384 g/mol. The summed E-state index contributed by atoms with van der Waals surface area (Å²) in [5.41, 5.74) is 1.05. The Morgan fingerprint density at radius 1 is 1.44 bits per heavy atom. The fraction of sp³-hybridized carbons (Fsp3) is 0.438. The lowest BCUT2D eigenvalue weighted by molar-refractivity contribution is -0.119. The van der Waals surface area contributed by atoms with Crippen molar-refractivity contribution in [1.29, 1.82) is 0 Å². The molecule has 9 nitrogen and oxygen atoms in total. The van der Waals surface area contributed by atoms with E-state index in [4.69, 9.17) is 0 Å². The van der Waals surface area contributed by atoms with Gasteiger partial charge in [0.2, 0.25) is 11.1 Å². The van der Waals surface area contributed by atoms with Crippen LogP contribution in [0.15, 0.2) is 28.7 Å². The van der Waals surface area contributed by atoms with Gasteiger partial charge in [0.15, 0.2) is 5.82 Å². The minimum absolute atomic E-state index is 0.0150. The number of hydrogen-bond acceptors (Lipinski definition) is 8. The number of thioether (sulfide) groups is 1. The van der Waals surface area contributed by atoms with Gasteiger partial charge in [-0.2, -0.15) is 5.10 Å². The number of anilines is 1. The number of carbonyl (C=O) groups is 1. The molecule has 1 aliphatic heterocycles. The normalized spacial score (nSPS) is 15.2. The number of tetrazole rings is 1. The average molecular weight is 405 g/mol. The lowest BCUT2D eigenvalue weighted by Gasteiger charge is -2.32. The Morgan fingerprint density at radius 2 is 2.30 bits per heavy atom. The maximum atomic E-state index is 12.2. The van der Waals surface area contributed by atoms with Crippen LogP contribution in [0.1, 0.15) is 12.8 Å². The van der Waals surface area contributed by atoms with Crippen molar-refractivity contribution in [3.8, 4) is 10.6 Å². The van der Waals surface area contributed by atoms with Crippen molar-refractivity contribution in [3.05, 3.63) is 23.6 Å². The van der Waals surface area contributed by atoms with Crippen molar-refractivity contribution >= 4 is 34.8 Å². The number of carbonyl (C=O) groups excluding carboxylic acids is 1. The van der Waals surface area contributed by atoms with Crippen LogP contribution in [0.3, 0.4) is 0 Å². The third kappa shape index (κ3) is 4.30. The molecule has 0 saturated carbocycles. The standard InChI is InChI=1S/C16H20N8OS2/c1-23-16(20-21-22-23)27-10-15(25)17-11-4-6-24(7-5-11)14-9-12(18-19-14)13-3-2-8-26-13/h2-3,8-9,11H,4-7,10H2,1H3,(H,17,25)(H,18,19). The third-order valence-corrected chi connectivity index (χ3v) is 6.36. The average Bonchev–Trinajstić information content (AvgIpc) is 3.42. The van der Waals surface area contributed by atoms with Gasteiger partial charge < -0.3 is 10.2 Å². The van der Waals surface area contributed by atoms with E-state index in [2.05, 4.69) is 53.5 Å². The summed E-state index contributed by atoms with van der Waals surface area (Å²) in [6.45, 7) is 1.75. The zero-order valence-corrected chi connectivity index (χ0v) is 16.5. The Balaban J connectivity index is 1.24. The second kappa shape index (κ2) is 8.09. The Kier molecular flexibility index (Phi) is 5.39. The molecule has 0 bridgehead atoms. The first-order chi connectivity index (χ1) is 13.2. The molecule has 0 radical (unpaired) electrons. The van der Waals surface area contributed by atoms with E-state index < -0.39 is 0 Å². The van der Waals surface area contributed by atoms with Gasteiger partial charge in [0.05, 0.1) is 16.3 Å². The molecule has 1 amide bonds. The summed E-state index contributed by atoms with van der Waals surface area (Å²) >= 11 is 3.04. The quantitative estimate of drug-likeness (QED) is 0.601. The summed E-state index contributed by atoms with van der Waals surface area (Å²) in [4.78, 5) is 15.6. The van der Waals surface area contributed by atoms with Crippen molar-refractivity contribution < 1.29 is 4.79 Å². The molecule has 1 fully saturated rings. The maximum absolute atomic E-state index is 12.2. The van der Waals surface area contributed by atoms with Crippen LogP contribution in [0.4, 0.5) is 5.82 Å². The zero-order valence-electron chi connectivity index (χ0n) is 14.8. The van der Waals surface area contributed by atoms with Crippen LogP contribution in [0.5, 0.6) is 0 Å². The second-order valence-electron chi connectivity index (χ2n) is 6.32. The number of thiophene rings is 1. The molecule has 0 spiro atoms. The van der Waals surface area contributed by atoms with E-state index in [1.54, 1.807) is 23.1 Å². The van der Waals surface area contributed by atoms with E-state index in [0.717, 1.165) is 37.4 Å². The lowest BCUT2D eigenvalue weighted by atomic mass is 10.1. The van der Waals surface area contributed by atoms with Crippen LogP contribution in [-0.2, 0) is 11.8 Å². The van der Waals surface area contributed by atoms with Crippen molar-refractivity contribution in [1.82, 2.24) is 35.7 Å². The summed E-state index contributed by atoms with van der Waals surface area (Å²) in [7, 11) is 1.76. The zero-order chi connectivity index (χ0) is 18.6. The lowest BCUT2D eigenvalue weighted by Crippen LogP contribution is -2.45. The topological polar surface area (TPSA) is 105 Å². The first-order valence-electron chi connectivity index (χ1n) is 8.68. The van der Waals surface area contributed by atoms with E-state index in [-0.39, 0.29) is 11.9 Å². The fourth-order valence-corrected chi connectivity index (χ4v) is 4.38. The molecule has 4 heterocycles. The van der Waals surface area contributed by atoms with Crippen molar-refractivity contribution in [2.75, 3.05) is 23.7 Å². The maximum Gasteiger partial charge on any atom is 0.230 e. The third-order valence-electron chi connectivity index (χ3n) is 4.45. The number of piperidine rings is 1. The Morgan fingerprint density at radius 3 is 3.00 bits per heavy atom. The molecule has 1 aliphatic rings. The molecule has 11 heteroatoms. The molecule has 0 unspecified atom stereocenters. The predicted octanol–water partition coefficient (Wildman–Crippen LogP) is 1.54. The van der Waals surface area contributed by atoms with Gasteiger partial charge in [0.25, 0.3) is 0 Å². The minimum Gasteiger partial charge on any atom is -0.355 e. The van der Waals surface area contributed by atoms with Crippen LogP contribution < -0.4 is 10.2 Å². The molecule has 0 aromatic carbocycles. The molecular formula is C16H20N8OS2. The van der Waals surface area contributed by atoms with E-state index in [9.17, 15) is 4.79 Å². The number of rotatable bonds is 6. The number of amides is 1. The van der Waals surface area contributed by atoms with Crippen LogP contribution in [0.25, 0.3) is 10.6 Å². The molecule has 1 saturated heterocycles. The number of H-pyrrole nitrogens is 1. The number of aromatic amines is 1. The van der Waals surface area contributed by atoms with Crippen molar-refractivity contribution in [3.63, 3.8) is 0 Å².